The van der Waals surface area contributed by atoms with Crippen LogP contribution in [0.5, 0.6) is 5.75 Å². The molecule has 0 aliphatic heterocycles. The molecule has 20 heavy (non-hydrogen) atoms. The van der Waals surface area contributed by atoms with Crippen LogP contribution < -0.4 is 16.0 Å². The summed E-state index contributed by atoms with van der Waals surface area (Å²) in [6, 6.07) is 18.7. The Balaban J connectivity index is 1.91. The number of nitrogens with one attached hydrogen (secondary N) is 1. The SMILES string of the molecule is COc1cccc(C(CCCc2ccccc2)NN)c1. The Morgan fingerprint density at radius 1 is 1.10 bits per heavy atom. The van der Waals surface area contributed by atoms with E-state index in [4.69, 9.17) is 10.6 Å². The van der Waals surface area contributed by atoms with Gasteiger partial charge in [-0.2, -0.15) is 0 Å². The number of hydrazine groups is 1. The molecule has 0 radical (unpaired) electrons. The van der Waals surface area contributed by atoms with E-state index in [0.717, 1.165) is 25.0 Å². The second-order valence-corrected chi connectivity index (χ2v) is 4.87. The summed E-state index contributed by atoms with van der Waals surface area (Å²) in [4.78, 5) is 0. The molecule has 3 nitrogen and oxygen atoms in total. The molecule has 1 atom stereocenters. The van der Waals surface area contributed by atoms with E-state index in [-0.39, 0.29) is 6.04 Å². The molecule has 0 saturated carbocycles. The summed E-state index contributed by atoms with van der Waals surface area (Å²) < 4.78 is 5.25. The zero-order chi connectivity index (χ0) is 14.2. The van der Waals surface area contributed by atoms with Gasteiger partial charge in [0.2, 0.25) is 0 Å². The van der Waals surface area contributed by atoms with Gasteiger partial charge >= 0.3 is 0 Å². The van der Waals surface area contributed by atoms with Crippen molar-refractivity contribution < 1.29 is 4.74 Å². The highest BCUT2D eigenvalue weighted by atomic mass is 16.5. The van der Waals surface area contributed by atoms with E-state index in [1.807, 2.05) is 24.3 Å². The average Bonchev–Trinajstić information content (AvgIpc) is 2.52. The zero-order valence-corrected chi connectivity index (χ0v) is 11.9. The van der Waals surface area contributed by atoms with Gasteiger partial charge in [-0.15, -0.1) is 0 Å². The molecule has 2 aromatic rings. The molecule has 0 amide bonds. The summed E-state index contributed by atoms with van der Waals surface area (Å²) in [5.41, 5.74) is 5.44. The van der Waals surface area contributed by atoms with Crippen LogP contribution in [0.3, 0.4) is 0 Å². The normalized spacial score (nSPS) is 12.1. The number of aryl methyl sites for hydroxylation is 1. The highest BCUT2D eigenvalue weighted by molar-refractivity contribution is 5.30. The van der Waals surface area contributed by atoms with Crippen LogP contribution in [0.1, 0.15) is 30.0 Å². The van der Waals surface area contributed by atoms with Crippen molar-refractivity contribution in [3.8, 4) is 5.75 Å². The Morgan fingerprint density at radius 3 is 2.60 bits per heavy atom. The maximum atomic E-state index is 5.68. The Hall–Kier alpha value is -1.84. The first-order valence-corrected chi connectivity index (χ1v) is 6.97. The predicted octanol–water partition coefficient (Wildman–Crippen LogP) is 3.22. The topological polar surface area (TPSA) is 47.3 Å². The summed E-state index contributed by atoms with van der Waals surface area (Å²) in [5.74, 6) is 6.55. The van der Waals surface area contributed by atoms with Gasteiger partial charge in [0, 0.05) is 6.04 Å². The minimum Gasteiger partial charge on any atom is -0.497 e. The minimum atomic E-state index is 0.161. The molecule has 0 aromatic heterocycles. The number of hydrogen-bond donors (Lipinski definition) is 2. The first kappa shape index (κ1) is 14.6. The fourth-order valence-electron chi connectivity index (χ4n) is 2.36. The lowest BCUT2D eigenvalue weighted by molar-refractivity contribution is 0.412. The molecule has 0 saturated heterocycles. The molecule has 1 unspecified atom stereocenters. The number of nitrogens with two attached hydrogens (primary N) is 1. The van der Waals surface area contributed by atoms with Crippen molar-refractivity contribution in [1.82, 2.24) is 5.43 Å². The van der Waals surface area contributed by atoms with Crippen molar-refractivity contribution in [2.45, 2.75) is 25.3 Å². The fraction of sp³-hybridized carbons (Fsp3) is 0.294. The van der Waals surface area contributed by atoms with E-state index < -0.39 is 0 Å². The van der Waals surface area contributed by atoms with Crippen molar-refractivity contribution in [2.75, 3.05) is 7.11 Å². The van der Waals surface area contributed by atoms with Crippen LogP contribution in [-0.4, -0.2) is 7.11 Å². The van der Waals surface area contributed by atoms with Gasteiger partial charge in [-0.1, -0.05) is 42.5 Å². The van der Waals surface area contributed by atoms with E-state index in [1.165, 1.54) is 11.1 Å². The van der Waals surface area contributed by atoms with Crippen molar-refractivity contribution in [3.05, 3.63) is 65.7 Å². The van der Waals surface area contributed by atoms with Crippen LogP contribution in [0.15, 0.2) is 54.6 Å². The molecule has 0 aliphatic rings. The van der Waals surface area contributed by atoms with Gasteiger partial charge in [0.1, 0.15) is 5.75 Å². The third-order valence-electron chi connectivity index (χ3n) is 3.50. The van der Waals surface area contributed by atoms with Gasteiger partial charge in [-0.25, -0.2) is 0 Å². The summed E-state index contributed by atoms with van der Waals surface area (Å²) in [6.45, 7) is 0. The lowest BCUT2D eigenvalue weighted by Crippen LogP contribution is -2.28. The van der Waals surface area contributed by atoms with E-state index >= 15 is 0 Å². The fourth-order valence-corrected chi connectivity index (χ4v) is 2.36. The van der Waals surface area contributed by atoms with E-state index in [0.29, 0.717) is 0 Å². The van der Waals surface area contributed by atoms with Gasteiger partial charge in [0.25, 0.3) is 0 Å². The number of methoxy groups -OCH3 is 1. The second kappa shape index (κ2) is 7.68. The molecule has 0 spiro atoms. The molecule has 0 bridgehead atoms. The maximum Gasteiger partial charge on any atom is 0.119 e. The van der Waals surface area contributed by atoms with E-state index in [1.54, 1.807) is 7.11 Å². The lowest BCUT2D eigenvalue weighted by Gasteiger charge is -2.17. The molecule has 2 rings (SSSR count). The highest BCUT2D eigenvalue weighted by Crippen LogP contribution is 2.22. The molecule has 0 aliphatic carbocycles. The first-order valence-electron chi connectivity index (χ1n) is 6.97. The molecular formula is C17H22N2O. The van der Waals surface area contributed by atoms with Crippen molar-refractivity contribution in [1.29, 1.82) is 0 Å². The van der Waals surface area contributed by atoms with Gasteiger partial charge in [-0.05, 0) is 42.5 Å². The molecule has 2 aromatic carbocycles. The Kier molecular flexibility index (Phi) is 5.59. The summed E-state index contributed by atoms with van der Waals surface area (Å²) >= 11 is 0. The van der Waals surface area contributed by atoms with Crippen LogP contribution in [-0.2, 0) is 6.42 Å². The van der Waals surface area contributed by atoms with Gasteiger partial charge in [-0.3, -0.25) is 11.3 Å². The van der Waals surface area contributed by atoms with Crippen LogP contribution in [0.25, 0.3) is 0 Å². The standard InChI is InChI=1S/C17H22N2O/c1-20-16-11-6-10-15(13-16)17(19-18)12-5-9-14-7-3-2-4-8-14/h2-4,6-8,10-11,13,17,19H,5,9,12,18H2,1H3. The highest BCUT2D eigenvalue weighted by Gasteiger charge is 2.10. The second-order valence-electron chi connectivity index (χ2n) is 4.87. The summed E-state index contributed by atoms with van der Waals surface area (Å²) in [6.07, 6.45) is 3.16. The largest absolute Gasteiger partial charge is 0.497 e. The molecule has 3 heteroatoms. The molecule has 0 fully saturated rings. The smallest absolute Gasteiger partial charge is 0.119 e. The van der Waals surface area contributed by atoms with E-state index in [9.17, 15) is 0 Å². The molecule has 0 heterocycles. The van der Waals surface area contributed by atoms with Gasteiger partial charge in [0.15, 0.2) is 0 Å². The van der Waals surface area contributed by atoms with Crippen LogP contribution in [0.4, 0.5) is 0 Å². The molecule has 3 N–H and O–H groups in total. The summed E-state index contributed by atoms with van der Waals surface area (Å²) in [7, 11) is 1.68. The van der Waals surface area contributed by atoms with E-state index in [2.05, 4.69) is 35.8 Å². The maximum absolute atomic E-state index is 5.68. The van der Waals surface area contributed by atoms with Crippen LogP contribution in [0, 0.1) is 0 Å². The minimum absolute atomic E-state index is 0.161. The third-order valence-corrected chi connectivity index (χ3v) is 3.50. The number of hydrogen-bond acceptors (Lipinski definition) is 3. The number of rotatable bonds is 7. The average molecular weight is 270 g/mol. The third kappa shape index (κ3) is 4.08. The van der Waals surface area contributed by atoms with Crippen LogP contribution in [0.2, 0.25) is 0 Å². The summed E-state index contributed by atoms with van der Waals surface area (Å²) in [5, 5.41) is 0. The van der Waals surface area contributed by atoms with Crippen molar-refractivity contribution in [2.24, 2.45) is 5.84 Å². The lowest BCUT2D eigenvalue weighted by atomic mass is 9.99. The molecule has 106 valence electrons. The quantitative estimate of drug-likeness (QED) is 0.600. The van der Waals surface area contributed by atoms with Gasteiger partial charge < -0.3 is 4.74 Å². The number of ether oxygens (including phenoxy) is 1. The van der Waals surface area contributed by atoms with Crippen molar-refractivity contribution in [3.63, 3.8) is 0 Å². The van der Waals surface area contributed by atoms with Crippen molar-refractivity contribution >= 4 is 0 Å². The Morgan fingerprint density at radius 2 is 1.90 bits per heavy atom. The monoisotopic (exact) mass is 270 g/mol. The zero-order valence-electron chi connectivity index (χ0n) is 11.9. The first-order chi connectivity index (χ1) is 9.83. The molecular weight excluding hydrogens is 248 g/mol. The Bertz CT molecular complexity index is 513. The predicted molar refractivity (Wildman–Crippen MR) is 82.4 cm³/mol. The van der Waals surface area contributed by atoms with Gasteiger partial charge in [0.05, 0.1) is 7.11 Å². The van der Waals surface area contributed by atoms with Crippen LogP contribution >= 0.6 is 0 Å². The number of benzene rings is 2. The Labute approximate surface area is 120 Å².